The number of carbonyl (C=O) groups is 1. The Morgan fingerprint density at radius 3 is 2.38 bits per heavy atom. The highest BCUT2D eigenvalue weighted by Crippen LogP contribution is 2.30. The summed E-state index contributed by atoms with van der Waals surface area (Å²) in [4.78, 5) is 11.9. The van der Waals surface area contributed by atoms with E-state index in [2.05, 4.69) is 31.4 Å². The summed E-state index contributed by atoms with van der Waals surface area (Å²) in [5.41, 5.74) is 7.33. The maximum atomic E-state index is 11.9. The molecule has 0 bridgehead atoms. The van der Waals surface area contributed by atoms with Gasteiger partial charge in [0.15, 0.2) is 0 Å². The van der Waals surface area contributed by atoms with E-state index < -0.39 is 11.7 Å². The third kappa shape index (κ3) is 6.66. The van der Waals surface area contributed by atoms with Crippen molar-refractivity contribution < 1.29 is 14.6 Å². The van der Waals surface area contributed by atoms with Crippen LogP contribution in [0.25, 0.3) is 0 Å². The van der Waals surface area contributed by atoms with Crippen molar-refractivity contribution in [2.24, 2.45) is 5.41 Å². The molecule has 1 amide bonds. The number of carbonyl (C=O) groups excluding carboxylic acids is 1. The molecule has 0 fully saturated rings. The lowest BCUT2D eigenvalue weighted by atomic mass is 9.84. The molecule has 0 aromatic heterocycles. The number of aliphatic hydroxyl groups excluding tert-OH is 1. The molecule has 24 heavy (non-hydrogen) atoms. The molecule has 0 saturated carbocycles. The van der Waals surface area contributed by atoms with Crippen molar-refractivity contribution in [1.29, 1.82) is 0 Å². The summed E-state index contributed by atoms with van der Waals surface area (Å²) in [6.45, 7) is 11.8. The summed E-state index contributed by atoms with van der Waals surface area (Å²) in [6, 6.07) is 5.27. The van der Waals surface area contributed by atoms with E-state index in [9.17, 15) is 9.90 Å². The Morgan fingerprint density at radius 1 is 1.25 bits per heavy atom. The first-order chi connectivity index (χ1) is 10.9. The van der Waals surface area contributed by atoms with Crippen molar-refractivity contribution in [3.8, 4) is 0 Å². The predicted octanol–water partition coefficient (Wildman–Crippen LogP) is 3.82. The molecule has 0 saturated heterocycles. The second kappa shape index (κ2) is 7.75. The third-order valence-electron chi connectivity index (χ3n) is 3.49. The molecule has 1 atom stereocenters. The fraction of sp³-hybridized carbons (Fsp3) is 0.611. The van der Waals surface area contributed by atoms with Gasteiger partial charge in [-0.15, -0.1) is 0 Å². The molecule has 1 unspecified atom stereocenters. The Morgan fingerprint density at radius 2 is 1.88 bits per heavy atom. The number of ether oxygens (including phenoxy) is 1. The Labute approximate surface area is 144 Å². The van der Waals surface area contributed by atoms with Crippen molar-refractivity contribution in [3.05, 3.63) is 18.2 Å². The highest BCUT2D eigenvalue weighted by Gasteiger charge is 2.24. The van der Waals surface area contributed by atoms with Crippen molar-refractivity contribution in [2.75, 3.05) is 23.0 Å². The number of hydrogen-bond donors (Lipinski definition) is 4. The largest absolute Gasteiger partial charge is 0.444 e. The standard InChI is InChI=1S/C18H31N3O3/c1-17(2,3)15(9-10-22)21-14-11-12(7-8-13(14)19)20-16(23)24-18(4,5)6/h7-8,11,15,21-22H,9-10,19H2,1-6H3,(H,20,23). The van der Waals surface area contributed by atoms with Gasteiger partial charge in [-0.1, -0.05) is 20.8 Å². The van der Waals surface area contributed by atoms with Gasteiger partial charge in [-0.3, -0.25) is 5.32 Å². The van der Waals surface area contributed by atoms with E-state index in [1.807, 2.05) is 20.8 Å². The Balaban J connectivity index is 2.91. The van der Waals surface area contributed by atoms with Crippen LogP contribution in [0.3, 0.4) is 0 Å². The van der Waals surface area contributed by atoms with E-state index in [1.165, 1.54) is 0 Å². The molecule has 6 nitrogen and oxygen atoms in total. The lowest BCUT2D eigenvalue weighted by Gasteiger charge is -2.32. The van der Waals surface area contributed by atoms with Crippen LogP contribution < -0.4 is 16.4 Å². The molecule has 6 heteroatoms. The van der Waals surface area contributed by atoms with Crippen LogP contribution in [-0.2, 0) is 4.74 Å². The first-order valence-electron chi connectivity index (χ1n) is 8.19. The molecular weight excluding hydrogens is 306 g/mol. The summed E-state index contributed by atoms with van der Waals surface area (Å²) < 4.78 is 5.25. The first kappa shape index (κ1) is 20.1. The molecule has 5 N–H and O–H groups in total. The Kier molecular flexibility index (Phi) is 6.49. The zero-order valence-corrected chi connectivity index (χ0v) is 15.6. The maximum absolute atomic E-state index is 11.9. The highest BCUT2D eigenvalue weighted by atomic mass is 16.6. The molecule has 0 aliphatic rings. The zero-order valence-electron chi connectivity index (χ0n) is 15.6. The van der Waals surface area contributed by atoms with Gasteiger partial charge >= 0.3 is 6.09 Å². The van der Waals surface area contributed by atoms with Crippen LogP contribution in [0.1, 0.15) is 48.0 Å². The number of aliphatic hydroxyl groups is 1. The number of rotatable bonds is 5. The molecule has 1 aromatic carbocycles. The van der Waals surface area contributed by atoms with Gasteiger partial charge in [0.05, 0.1) is 11.4 Å². The number of amides is 1. The quantitative estimate of drug-likeness (QED) is 0.612. The van der Waals surface area contributed by atoms with Gasteiger partial charge in [0, 0.05) is 18.3 Å². The van der Waals surface area contributed by atoms with Gasteiger partial charge in [-0.05, 0) is 50.8 Å². The number of nitrogens with one attached hydrogen (secondary N) is 2. The Hall–Kier alpha value is -1.95. The average Bonchev–Trinajstić information content (AvgIpc) is 2.38. The minimum Gasteiger partial charge on any atom is -0.444 e. The topological polar surface area (TPSA) is 96.6 Å². The second-order valence-electron chi connectivity index (χ2n) is 8.00. The number of anilines is 3. The van der Waals surface area contributed by atoms with Crippen LogP contribution in [0, 0.1) is 5.41 Å². The van der Waals surface area contributed by atoms with Crippen LogP contribution in [0.15, 0.2) is 18.2 Å². The van der Waals surface area contributed by atoms with Gasteiger partial charge in [0.25, 0.3) is 0 Å². The monoisotopic (exact) mass is 337 g/mol. The lowest BCUT2D eigenvalue weighted by molar-refractivity contribution is 0.0636. The lowest BCUT2D eigenvalue weighted by Crippen LogP contribution is -2.35. The molecule has 1 rings (SSSR count). The number of nitrogens with two attached hydrogens (primary N) is 1. The van der Waals surface area contributed by atoms with Crippen LogP contribution >= 0.6 is 0 Å². The van der Waals surface area contributed by atoms with Gasteiger partial charge in [0.1, 0.15) is 5.60 Å². The normalized spacial score (nSPS) is 13.3. The SMILES string of the molecule is CC(C)(C)OC(=O)Nc1ccc(N)c(NC(CCO)C(C)(C)C)c1. The van der Waals surface area contributed by atoms with Gasteiger partial charge < -0.3 is 20.9 Å². The second-order valence-corrected chi connectivity index (χ2v) is 8.00. The van der Waals surface area contributed by atoms with Crippen molar-refractivity contribution in [1.82, 2.24) is 0 Å². The van der Waals surface area contributed by atoms with Crippen LogP contribution in [-0.4, -0.2) is 29.4 Å². The maximum Gasteiger partial charge on any atom is 0.412 e. The highest BCUT2D eigenvalue weighted by molar-refractivity contribution is 5.87. The average molecular weight is 337 g/mol. The van der Waals surface area contributed by atoms with Crippen molar-refractivity contribution >= 4 is 23.2 Å². The van der Waals surface area contributed by atoms with Crippen molar-refractivity contribution in [3.63, 3.8) is 0 Å². The molecule has 0 radical (unpaired) electrons. The summed E-state index contributed by atoms with van der Waals surface area (Å²) in [5.74, 6) is 0. The minimum absolute atomic E-state index is 0.0431. The van der Waals surface area contributed by atoms with Gasteiger partial charge in [-0.2, -0.15) is 0 Å². The van der Waals surface area contributed by atoms with Crippen LogP contribution in [0.2, 0.25) is 0 Å². The van der Waals surface area contributed by atoms with Crippen LogP contribution in [0.5, 0.6) is 0 Å². The fourth-order valence-corrected chi connectivity index (χ4v) is 2.22. The molecule has 136 valence electrons. The van der Waals surface area contributed by atoms with Crippen LogP contribution in [0.4, 0.5) is 21.9 Å². The molecule has 0 spiro atoms. The summed E-state index contributed by atoms with van der Waals surface area (Å²) in [7, 11) is 0. The van der Waals surface area contributed by atoms with Crippen molar-refractivity contribution in [2.45, 2.75) is 59.6 Å². The zero-order chi connectivity index (χ0) is 18.5. The predicted molar refractivity (Wildman–Crippen MR) is 99.3 cm³/mol. The molecular formula is C18H31N3O3. The number of nitrogen functional groups attached to an aromatic ring is 1. The number of hydrogen-bond acceptors (Lipinski definition) is 5. The van der Waals surface area contributed by atoms with E-state index in [1.54, 1.807) is 18.2 Å². The Bertz CT molecular complexity index is 560. The minimum atomic E-state index is -0.558. The number of benzene rings is 1. The van der Waals surface area contributed by atoms with E-state index in [4.69, 9.17) is 10.5 Å². The van der Waals surface area contributed by atoms with Gasteiger partial charge in [-0.25, -0.2) is 4.79 Å². The van der Waals surface area contributed by atoms with E-state index in [0.717, 1.165) is 5.69 Å². The smallest absolute Gasteiger partial charge is 0.412 e. The van der Waals surface area contributed by atoms with E-state index in [0.29, 0.717) is 17.8 Å². The summed E-state index contributed by atoms with van der Waals surface area (Å²) in [5, 5.41) is 15.4. The summed E-state index contributed by atoms with van der Waals surface area (Å²) in [6.07, 6.45) is 0.0908. The van der Waals surface area contributed by atoms with E-state index >= 15 is 0 Å². The first-order valence-corrected chi connectivity index (χ1v) is 8.19. The molecule has 0 heterocycles. The van der Waals surface area contributed by atoms with E-state index in [-0.39, 0.29) is 18.1 Å². The molecule has 1 aromatic rings. The summed E-state index contributed by atoms with van der Waals surface area (Å²) >= 11 is 0. The molecule has 0 aliphatic heterocycles. The molecule has 0 aliphatic carbocycles. The third-order valence-corrected chi connectivity index (χ3v) is 3.49. The fourth-order valence-electron chi connectivity index (χ4n) is 2.22. The van der Waals surface area contributed by atoms with Gasteiger partial charge in [0.2, 0.25) is 0 Å².